The zero-order valence-electron chi connectivity index (χ0n) is 24.4. The molecule has 0 aliphatic rings. The number of thiophene rings is 1. The van der Waals surface area contributed by atoms with Crippen molar-refractivity contribution >= 4 is 70.5 Å². The molecule has 0 unspecified atom stereocenters. The Hall–Kier alpha value is -5.64. The van der Waals surface area contributed by atoms with E-state index in [0.29, 0.717) is 0 Å². The summed E-state index contributed by atoms with van der Waals surface area (Å²) in [6.07, 6.45) is 0. The van der Waals surface area contributed by atoms with Gasteiger partial charge < -0.3 is 9.32 Å². The molecule has 2 aromatic heterocycles. The van der Waals surface area contributed by atoms with Crippen molar-refractivity contribution in [2.45, 2.75) is 0 Å². The molecule has 0 spiro atoms. The number of para-hydroxylation sites is 2. The minimum atomic E-state index is 0.880. The molecule has 0 radical (unpaired) electrons. The molecule has 0 aliphatic heterocycles. The first-order valence-corrected chi connectivity index (χ1v) is 16.0. The molecule has 0 amide bonds. The normalized spacial score (nSPS) is 11.6. The van der Waals surface area contributed by atoms with Gasteiger partial charge in [-0.3, -0.25) is 0 Å². The summed E-state index contributed by atoms with van der Waals surface area (Å²) < 4.78 is 9.19. The van der Waals surface area contributed by atoms with Crippen molar-refractivity contribution in [3.63, 3.8) is 0 Å². The number of hydrogen-bond donors (Lipinski definition) is 0. The average molecular weight is 594 g/mol. The molecule has 0 saturated heterocycles. The average Bonchev–Trinajstić information content (AvgIpc) is 3.69. The minimum absolute atomic E-state index is 0.880. The highest BCUT2D eigenvalue weighted by Crippen LogP contribution is 2.50. The molecule has 0 bridgehead atoms. The molecule has 7 aromatic carbocycles. The summed E-state index contributed by atoms with van der Waals surface area (Å²) in [7, 11) is 0. The van der Waals surface area contributed by atoms with Crippen LogP contribution in [0.2, 0.25) is 0 Å². The van der Waals surface area contributed by atoms with Gasteiger partial charge >= 0.3 is 0 Å². The Morgan fingerprint density at radius 1 is 0.444 bits per heavy atom. The quantitative estimate of drug-likeness (QED) is 0.197. The number of nitrogens with zero attached hydrogens (tertiary/aromatic N) is 1. The highest BCUT2D eigenvalue weighted by atomic mass is 32.1. The first-order chi connectivity index (χ1) is 22.3. The zero-order chi connectivity index (χ0) is 29.7. The van der Waals surface area contributed by atoms with Crippen LogP contribution in [0.5, 0.6) is 0 Å². The lowest BCUT2D eigenvalue weighted by Crippen LogP contribution is -2.10. The zero-order valence-corrected chi connectivity index (χ0v) is 25.2. The van der Waals surface area contributed by atoms with Crippen LogP contribution in [0.25, 0.3) is 64.4 Å². The third kappa shape index (κ3) is 4.24. The Morgan fingerprint density at radius 2 is 1.09 bits per heavy atom. The van der Waals surface area contributed by atoms with Crippen LogP contribution in [0.3, 0.4) is 0 Å². The van der Waals surface area contributed by atoms with E-state index in [1.54, 1.807) is 0 Å². The lowest BCUT2D eigenvalue weighted by atomic mass is 9.99. The molecule has 45 heavy (non-hydrogen) atoms. The number of hydrogen-bond acceptors (Lipinski definition) is 3. The van der Waals surface area contributed by atoms with Crippen LogP contribution in [0.4, 0.5) is 17.1 Å². The smallest absolute Gasteiger partial charge is 0.159 e. The first-order valence-electron chi connectivity index (χ1n) is 15.2. The van der Waals surface area contributed by atoms with E-state index in [0.717, 1.165) is 39.0 Å². The number of furan rings is 1. The van der Waals surface area contributed by atoms with Crippen molar-refractivity contribution in [3.8, 4) is 22.3 Å². The van der Waals surface area contributed by atoms with Crippen molar-refractivity contribution in [2.24, 2.45) is 0 Å². The summed E-state index contributed by atoms with van der Waals surface area (Å²) in [6.45, 7) is 0. The van der Waals surface area contributed by atoms with E-state index >= 15 is 0 Å². The standard InChI is InChI=1S/C42H27NOS/c1-3-12-28(13-4-1)29-22-24-31(25-23-29)43(37-19-11-18-34-33-16-7-9-20-38(33)44-41(34)37)36-27-26-32(30-14-5-2-6-15-30)42-40(36)35-17-8-10-21-39(35)45-42/h1-27H. The van der Waals surface area contributed by atoms with Crippen LogP contribution in [0.1, 0.15) is 0 Å². The van der Waals surface area contributed by atoms with Crippen LogP contribution in [0, 0.1) is 0 Å². The highest BCUT2D eigenvalue weighted by molar-refractivity contribution is 7.26. The molecule has 0 aliphatic carbocycles. The maximum Gasteiger partial charge on any atom is 0.159 e. The molecular formula is C42H27NOS. The maximum absolute atomic E-state index is 6.64. The lowest BCUT2D eigenvalue weighted by molar-refractivity contribution is 0.669. The summed E-state index contributed by atoms with van der Waals surface area (Å²) in [5.74, 6) is 0. The Kier molecular flexibility index (Phi) is 6.03. The predicted octanol–water partition coefficient (Wildman–Crippen LogP) is 12.8. The Morgan fingerprint density at radius 3 is 1.89 bits per heavy atom. The van der Waals surface area contributed by atoms with Gasteiger partial charge in [0.05, 0.1) is 11.4 Å². The van der Waals surface area contributed by atoms with Crippen LogP contribution in [-0.4, -0.2) is 0 Å². The highest BCUT2D eigenvalue weighted by Gasteiger charge is 2.24. The van der Waals surface area contributed by atoms with E-state index in [1.165, 1.54) is 42.4 Å². The summed E-state index contributed by atoms with van der Waals surface area (Å²) in [5.41, 5.74) is 9.85. The third-order valence-corrected chi connectivity index (χ3v) is 9.89. The van der Waals surface area contributed by atoms with Crippen molar-refractivity contribution in [3.05, 3.63) is 164 Å². The molecule has 0 atom stereocenters. The summed E-state index contributed by atoms with van der Waals surface area (Å²) in [6, 6.07) is 58.3. The van der Waals surface area contributed by atoms with E-state index in [1.807, 2.05) is 17.4 Å². The van der Waals surface area contributed by atoms with Crippen molar-refractivity contribution < 1.29 is 4.42 Å². The summed E-state index contributed by atoms with van der Waals surface area (Å²) >= 11 is 1.86. The van der Waals surface area contributed by atoms with Crippen LogP contribution >= 0.6 is 11.3 Å². The molecule has 3 heteroatoms. The van der Waals surface area contributed by atoms with E-state index in [4.69, 9.17) is 4.42 Å². The third-order valence-electron chi connectivity index (χ3n) is 8.69. The molecule has 2 nitrogen and oxygen atoms in total. The summed E-state index contributed by atoms with van der Waals surface area (Å²) in [5, 5.41) is 4.74. The fourth-order valence-electron chi connectivity index (χ4n) is 6.59. The van der Waals surface area contributed by atoms with Gasteiger partial charge in [0.25, 0.3) is 0 Å². The fourth-order valence-corrected chi connectivity index (χ4v) is 7.85. The van der Waals surface area contributed by atoms with Crippen molar-refractivity contribution in [1.29, 1.82) is 0 Å². The van der Waals surface area contributed by atoms with E-state index in [2.05, 4.69) is 163 Å². The largest absolute Gasteiger partial charge is 0.454 e. The van der Waals surface area contributed by atoms with E-state index < -0.39 is 0 Å². The van der Waals surface area contributed by atoms with Gasteiger partial charge in [-0.05, 0) is 58.7 Å². The minimum Gasteiger partial charge on any atom is -0.454 e. The number of anilines is 3. The fraction of sp³-hybridized carbons (Fsp3) is 0. The van der Waals surface area contributed by atoms with Gasteiger partial charge in [-0.15, -0.1) is 11.3 Å². The molecule has 9 rings (SSSR count). The second kappa shape index (κ2) is 10.5. The van der Waals surface area contributed by atoms with E-state index in [-0.39, 0.29) is 0 Å². The van der Waals surface area contributed by atoms with Gasteiger partial charge in [-0.1, -0.05) is 127 Å². The Balaban J connectivity index is 1.35. The molecule has 0 fully saturated rings. The Labute approximate surface area is 265 Å². The second-order valence-corrected chi connectivity index (χ2v) is 12.4. The van der Waals surface area contributed by atoms with E-state index in [9.17, 15) is 0 Å². The number of benzene rings is 7. The Bertz CT molecular complexity index is 2470. The monoisotopic (exact) mass is 593 g/mol. The topological polar surface area (TPSA) is 16.4 Å². The number of fused-ring (bicyclic) bond motifs is 6. The summed E-state index contributed by atoms with van der Waals surface area (Å²) in [4.78, 5) is 2.38. The van der Waals surface area contributed by atoms with Gasteiger partial charge in [0, 0.05) is 36.6 Å². The maximum atomic E-state index is 6.64. The van der Waals surface area contributed by atoms with Gasteiger partial charge in [-0.25, -0.2) is 0 Å². The van der Waals surface area contributed by atoms with Gasteiger partial charge in [0.15, 0.2) is 5.58 Å². The van der Waals surface area contributed by atoms with Crippen molar-refractivity contribution in [1.82, 2.24) is 0 Å². The van der Waals surface area contributed by atoms with Gasteiger partial charge in [0.2, 0.25) is 0 Å². The molecule has 0 saturated carbocycles. The van der Waals surface area contributed by atoms with Gasteiger partial charge in [-0.2, -0.15) is 0 Å². The first kappa shape index (κ1) is 25.8. The number of rotatable bonds is 5. The predicted molar refractivity (Wildman–Crippen MR) is 192 cm³/mol. The van der Waals surface area contributed by atoms with Gasteiger partial charge in [0.1, 0.15) is 5.58 Å². The van der Waals surface area contributed by atoms with Crippen LogP contribution in [0.15, 0.2) is 168 Å². The SMILES string of the molecule is c1ccc(-c2ccc(N(c3cccc4c3oc3ccccc34)c3ccc(-c4ccccc4)c4sc5ccccc5c34)cc2)cc1. The van der Waals surface area contributed by atoms with Crippen LogP contribution < -0.4 is 4.90 Å². The molecule has 2 heterocycles. The molecular weight excluding hydrogens is 567 g/mol. The molecule has 9 aromatic rings. The molecule has 0 N–H and O–H groups in total. The second-order valence-electron chi connectivity index (χ2n) is 11.3. The lowest BCUT2D eigenvalue weighted by Gasteiger charge is -2.27. The van der Waals surface area contributed by atoms with Crippen molar-refractivity contribution in [2.75, 3.05) is 4.90 Å². The van der Waals surface area contributed by atoms with Crippen LogP contribution in [-0.2, 0) is 0 Å². The molecule has 212 valence electrons.